The Hall–Kier alpha value is -2.24. The number of hydrogen-bond acceptors (Lipinski definition) is 4. The number of nitrogens with one attached hydrogen (secondary N) is 2. The lowest BCUT2D eigenvalue weighted by molar-refractivity contribution is -0.118. The monoisotopic (exact) mass is 430 g/mol. The summed E-state index contributed by atoms with van der Waals surface area (Å²) in [4.78, 5) is 12.2. The summed E-state index contributed by atoms with van der Waals surface area (Å²) in [6, 6.07) is 11.8. The minimum Gasteiger partial charge on any atom is -0.493 e. The molecule has 1 fully saturated rings. The molecule has 3 rings (SSSR count). The van der Waals surface area contributed by atoms with E-state index in [9.17, 15) is 4.79 Å². The standard InChI is InChI=1S/C24H31ClN2O3/c1-17-9-11-20(12-10-17)27-24(28)16-30-23-14-21(25)18(13-22(23)29-2)15-26-19-7-5-3-4-6-8-19/h9-14,19,26H,3-8,15-16H2,1-2H3,(H,27,28). The number of ether oxygens (including phenoxy) is 2. The molecule has 2 aromatic rings. The fourth-order valence-corrected chi connectivity index (χ4v) is 3.92. The molecule has 2 N–H and O–H groups in total. The number of amides is 1. The Labute approximate surface area is 184 Å². The zero-order chi connectivity index (χ0) is 21.3. The highest BCUT2D eigenvalue weighted by molar-refractivity contribution is 6.31. The van der Waals surface area contributed by atoms with Crippen LogP contribution in [-0.2, 0) is 11.3 Å². The Morgan fingerprint density at radius 3 is 2.43 bits per heavy atom. The van der Waals surface area contributed by atoms with Gasteiger partial charge in [-0.05, 0) is 43.5 Å². The van der Waals surface area contributed by atoms with Gasteiger partial charge in [-0.1, -0.05) is 55.0 Å². The molecule has 0 aliphatic heterocycles. The maximum atomic E-state index is 12.2. The van der Waals surface area contributed by atoms with Gasteiger partial charge in [-0.2, -0.15) is 0 Å². The van der Waals surface area contributed by atoms with Gasteiger partial charge in [-0.15, -0.1) is 0 Å². The molecule has 0 radical (unpaired) electrons. The molecule has 0 heterocycles. The summed E-state index contributed by atoms with van der Waals surface area (Å²) in [6.07, 6.45) is 7.66. The summed E-state index contributed by atoms with van der Waals surface area (Å²) in [7, 11) is 1.59. The van der Waals surface area contributed by atoms with E-state index in [1.165, 1.54) is 38.5 Å². The number of benzene rings is 2. The van der Waals surface area contributed by atoms with Gasteiger partial charge in [0, 0.05) is 29.4 Å². The number of rotatable bonds is 8. The van der Waals surface area contributed by atoms with Gasteiger partial charge < -0.3 is 20.1 Å². The van der Waals surface area contributed by atoms with Crippen molar-refractivity contribution in [2.75, 3.05) is 19.0 Å². The summed E-state index contributed by atoms with van der Waals surface area (Å²) in [5.74, 6) is 0.788. The highest BCUT2D eigenvalue weighted by Gasteiger charge is 2.15. The zero-order valence-electron chi connectivity index (χ0n) is 17.8. The minimum absolute atomic E-state index is 0.125. The highest BCUT2D eigenvalue weighted by atomic mass is 35.5. The SMILES string of the molecule is COc1cc(CNC2CCCCCC2)c(Cl)cc1OCC(=O)Nc1ccc(C)cc1. The van der Waals surface area contributed by atoms with Crippen LogP contribution in [0, 0.1) is 6.92 Å². The van der Waals surface area contributed by atoms with Crippen molar-refractivity contribution < 1.29 is 14.3 Å². The van der Waals surface area contributed by atoms with Gasteiger partial charge in [0.2, 0.25) is 0 Å². The summed E-state index contributed by atoms with van der Waals surface area (Å²) in [6.45, 7) is 2.56. The smallest absolute Gasteiger partial charge is 0.262 e. The van der Waals surface area contributed by atoms with Crippen molar-refractivity contribution in [2.45, 2.75) is 58.0 Å². The van der Waals surface area contributed by atoms with Gasteiger partial charge in [0.1, 0.15) is 0 Å². The lowest BCUT2D eigenvalue weighted by atomic mass is 10.1. The van der Waals surface area contributed by atoms with E-state index in [4.69, 9.17) is 21.1 Å². The molecule has 30 heavy (non-hydrogen) atoms. The second-order valence-corrected chi connectivity index (χ2v) is 8.27. The molecule has 0 atom stereocenters. The number of anilines is 1. The zero-order valence-corrected chi connectivity index (χ0v) is 18.6. The molecule has 0 saturated heterocycles. The van der Waals surface area contributed by atoms with Crippen LogP contribution in [0.3, 0.4) is 0 Å². The van der Waals surface area contributed by atoms with Gasteiger partial charge >= 0.3 is 0 Å². The van der Waals surface area contributed by atoms with Crippen LogP contribution < -0.4 is 20.1 Å². The molecule has 5 nitrogen and oxygen atoms in total. The molecule has 6 heteroatoms. The van der Waals surface area contributed by atoms with Gasteiger partial charge in [0.15, 0.2) is 18.1 Å². The molecule has 1 aliphatic carbocycles. The average molecular weight is 431 g/mol. The van der Waals surface area contributed by atoms with Gasteiger partial charge in [0.25, 0.3) is 5.91 Å². The van der Waals surface area contributed by atoms with E-state index in [1.807, 2.05) is 37.3 Å². The largest absolute Gasteiger partial charge is 0.493 e. The predicted molar refractivity (Wildman–Crippen MR) is 122 cm³/mol. The van der Waals surface area contributed by atoms with Crippen LogP contribution in [0.25, 0.3) is 0 Å². The summed E-state index contributed by atoms with van der Waals surface area (Å²) in [5.41, 5.74) is 2.84. The normalized spacial score (nSPS) is 14.8. The van der Waals surface area contributed by atoms with Crippen LogP contribution in [-0.4, -0.2) is 25.7 Å². The Kier molecular flexibility index (Phi) is 8.40. The number of carbonyl (C=O) groups is 1. The van der Waals surface area contributed by atoms with Crippen molar-refractivity contribution in [2.24, 2.45) is 0 Å². The fourth-order valence-electron chi connectivity index (χ4n) is 3.70. The Balaban J connectivity index is 1.57. The van der Waals surface area contributed by atoms with E-state index < -0.39 is 0 Å². The van der Waals surface area contributed by atoms with Crippen molar-refractivity contribution in [3.8, 4) is 11.5 Å². The van der Waals surface area contributed by atoms with E-state index >= 15 is 0 Å². The van der Waals surface area contributed by atoms with Crippen LogP contribution in [0.15, 0.2) is 36.4 Å². The number of carbonyl (C=O) groups excluding carboxylic acids is 1. The minimum atomic E-state index is -0.240. The number of hydrogen-bond donors (Lipinski definition) is 2. The highest BCUT2D eigenvalue weighted by Crippen LogP contribution is 2.33. The molecule has 1 amide bonds. The Morgan fingerprint density at radius 1 is 1.07 bits per heavy atom. The molecule has 2 aromatic carbocycles. The number of methoxy groups -OCH3 is 1. The summed E-state index contributed by atoms with van der Waals surface area (Å²) < 4.78 is 11.2. The van der Waals surface area contributed by atoms with E-state index in [-0.39, 0.29) is 12.5 Å². The lowest BCUT2D eigenvalue weighted by Crippen LogP contribution is -2.28. The maximum Gasteiger partial charge on any atom is 0.262 e. The van der Waals surface area contributed by atoms with Gasteiger partial charge in [-0.3, -0.25) is 4.79 Å². The predicted octanol–water partition coefficient (Wildman–Crippen LogP) is 5.49. The molecule has 0 spiro atoms. The number of aryl methyl sites for hydroxylation is 1. The average Bonchev–Trinajstić information content (AvgIpc) is 3.02. The molecule has 1 aliphatic rings. The molecule has 0 unspecified atom stereocenters. The molecule has 0 aromatic heterocycles. The molecular weight excluding hydrogens is 400 g/mol. The van der Waals surface area contributed by atoms with E-state index in [0.29, 0.717) is 29.1 Å². The maximum absolute atomic E-state index is 12.2. The Bertz CT molecular complexity index is 831. The first-order valence-electron chi connectivity index (χ1n) is 10.6. The van der Waals surface area contributed by atoms with E-state index in [0.717, 1.165) is 16.8 Å². The van der Waals surface area contributed by atoms with Crippen LogP contribution in [0.1, 0.15) is 49.7 Å². The number of halogens is 1. The molecule has 0 bridgehead atoms. The second kappa shape index (κ2) is 11.2. The van der Waals surface area contributed by atoms with Crippen LogP contribution in [0.2, 0.25) is 5.02 Å². The summed E-state index contributed by atoms with van der Waals surface area (Å²) in [5, 5.41) is 7.05. The van der Waals surface area contributed by atoms with Crippen molar-refractivity contribution in [1.82, 2.24) is 5.32 Å². The van der Waals surface area contributed by atoms with Crippen molar-refractivity contribution in [3.05, 3.63) is 52.5 Å². The Morgan fingerprint density at radius 2 is 1.77 bits per heavy atom. The molecular formula is C24H31ClN2O3. The summed E-state index contributed by atoms with van der Waals surface area (Å²) >= 11 is 6.49. The lowest BCUT2D eigenvalue weighted by Gasteiger charge is -2.18. The van der Waals surface area contributed by atoms with Crippen molar-refractivity contribution in [3.63, 3.8) is 0 Å². The van der Waals surface area contributed by atoms with E-state index in [1.54, 1.807) is 13.2 Å². The first kappa shape index (κ1) is 22.4. The molecule has 162 valence electrons. The van der Waals surface area contributed by atoms with Crippen LogP contribution >= 0.6 is 11.6 Å². The fraction of sp³-hybridized carbons (Fsp3) is 0.458. The molecule has 1 saturated carbocycles. The van der Waals surface area contributed by atoms with Crippen molar-refractivity contribution in [1.29, 1.82) is 0 Å². The third kappa shape index (κ3) is 6.64. The van der Waals surface area contributed by atoms with Gasteiger partial charge in [-0.25, -0.2) is 0 Å². The third-order valence-electron chi connectivity index (χ3n) is 5.46. The first-order chi connectivity index (χ1) is 14.5. The van der Waals surface area contributed by atoms with Crippen LogP contribution in [0.4, 0.5) is 5.69 Å². The van der Waals surface area contributed by atoms with Crippen molar-refractivity contribution >= 4 is 23.2 Å². The first-order valence-corrected chi connectivity index (χ1v) is 11.0. The van der Waals surface area contributed by atoms with Crippen LogP contribution in [0.5, 0.6) is 11.5 Å². The quantitative estimate of drug-likeness (QED) is 0.544. The van der Waals surface area contributed by atoms with E-state index in [2.05, 4.69) is 10.6 Å². The third-order valence-corrected chi connectivity index (χ3v) is 5.81. The van der Waals surface area contributed by atoms with Gasteiger partial charge in [0.05, 0.1) is 7.11 Å². The second-order valence-electron chi connectivity index (χ2n) is 7.87. The topological polar surface area (TPSA) is 59.6 Å².